The first-order valence-corrected chi connectivity index (χ1v) is 4.48. The number of carbonyl (C=O) groups is 1. The van der Waals surface area contributed by atoms with Crippen LogP contribution in [-0.4, -0.2) is 25.6 Å². The van der Waals surface area contributed by atoms with E-state index in [1.807, 2.05) is 0 Å². The number of amides is 1. The van der Waals surface area contributed by atoms with Crippen molar-refractivity contribution in [1.29, 1.82) is 0 Å². The minimum atomic E-state index is -0.546. The summed E-state index contributed by atoms with van der Waals surface area (Å²) >= 11 is 0. The summed E-state index contributed by atoms with van der Waals surface area (Å²) in [5.41, 5.74) is 5.09. The number of nitrogens with two attached hydrogens (primary N) is 1. The lowest BCUT2D eigenvalue weighted by Gasteiger charge is -2.13. The van der Waals surface area contributed by atoms with Gasteiger partial charge in [0.25, 0.3) is 0 Å². The van der Waals surface area contributed by atoms with Crippen molar-refractivity contribution in [1.82, 2.24) is 5.32 Å². The number of ether oxygens (including phenoxy) is 1. The Balaban J connectivity index is 2.49. The van der Waals surface area contributed by atoms with Crippen LogP contribution in [0.4, 0.5) is 4.39 Å². The van der Waals surface area contributed by atoms with Crippen molar-refractivity contribution in [2.75, 3.05) is 13.7 Å². The van der Waals surface area contributed by atoms with Crippen LogP contribution in [0.5, 0.6) is 5.75 Å². The van der Waals surface area contributed by atoms with Crippen molar-refractivity contribution in [3.05, 3.63) is 30.1 Å². The number of benzene rings is 1. The normalized spacial score (nSPS) is 12.1. The number of hydrogen-bond donors (Lipinski definition) is 2. The maximum absolute atomic E-state index is 12.5. The molecule has 0 spiro atoms. The fourth-order valence-corrected chi connectivity index (χ4v) is 1.02. The van der Waals surface area contributed by atoms with Crippen molar-refractivity contribution in [3.8, 4) is 5.75 Å². The molecule has 3 N–H and O–H groups in total. The molecule has 0 radical (unpaired) electrons. The molecule has 0 aliphatic rings. The van der Waals surface area contributed by atoms with Crippen molar-refractivity contribution in [3.63, 3.8) is 0 Å². The first-order chi connectivity index (χ1) is 7.13. The maximum atomic E-state index is 12.5. The monoisotopic (exact) mass is 212 g/mol. The molecule has 0 saturated carbocycles. The second-order valence-corrected chi connectivity index (χ2v) is 3.01. The van der Waals surface area contributed by atoms with Gasteiger partial charge in [-0.3, -0.25) is 4.79 Å². The van der Waals surface area contributed by atoms with Gasteiger partial charge in [-0.1, -0.05) is 0 Å². The van der Waals surface area contributed by atoms with Crippen LogP contribution in [0.2, 0.25) is 0 Å². The lowest BCUT2D eigenvalue weighted by Crippen LogP contribution is -2.43. The van der Waals surface area contributed by atoms with Gasteiger partial charge in [-0.15, -0.1) is 0 Å². The first-order valence-electron chi connectivity index (χ1n) is 4.48. The van der Waals surface area contributed by atoms with Crippen molar-refractivity contribution < 1.29 is 13.9 Å². The summed E-state index contributed by atoms with van der Waals surface area (Å²) in [5.74, 6) is -0.320. The van der Waals surface area contributed by atoms with Crippen LogP contribution in [0.25, 0.3) is 0 Å². The molecular weight excluding hydrogens is 199 g/mol. The smallest absolute Gasteiger partial charge is 0.238 e. The van der Waals surface area contributed by atoms with Crippen LogP contribution in [0.15, 0.2) is 24.3 Å². The lowest BCUT2D eigenvalue weighted by molar-refractivity contribution is -0.120. The highest BCUT2D eigenvalue weighted by Gasteiger charge is 2.12. The average molecular weight is 212 g/mol. The summed E-state index contributed by atoms with van der Waals surface area (Å²) in [5, 5.41) is 2.71. The fraction of sp³-hybridized carbons (Fsp3) is 0.300. The Hall–Kier alpha value is -1.62. The molecule has 5 heteroatoms. The maximum Gasteiger partial charge on any atom is 0.238 e. The Morgan fingerprint density at radius 1 is 1.53 bits per heavy atom. The highest BCUT2D eigenvalue weighted by atomic mass is 19.1. The molecule has 0 aromatic heterocycles. The van der Waals surface area contributed by atoms with Gasteiger partial charge in [0.2, 0.25) is 5.91 Å². The summed E-state index contributed by atoms with van der Waals surface area (Å²) in [4.78, 5) is 10.8. The van der Waals surface area contributed by atoms with Gasteiger partial charge in [0.15, 0.2) is 0 Å². The van der Waals surface area contributed by atoms with Crippen LogP contribution in [-0.2, 0) is 4.79 Å². The molecule has 0 bridgehead atoms. The summed E-state index contributed by atoms with van der Waals surface area (Å²) < 4.78 is 17.8. The van der Waals surface area contributed by atoms with E-state index >= 15 is 0 Å². The van der Waals surface area contributed by atoms with Crippen molar-refractivity contribution in [2.24, 2.45) is 5.73 Å². The fourth-order valence-electron chi connectivity index (χ4n) is 1.02. The zero-order valence-electron chi connectivity index (χ0n) is 8.37. The van der Waals surface area contributed by atoms with Gasteiger partial charge in [-0.2, -0.15) is 0 Å². The second-order valence-electron chi connectivity index (χ2n) is 3.01. The van der Waals surface area contributed by atoms with Crippen LogP contribution in [0, 0.1) is 5.82 Å². The third-order valence-electron chi connectivity index (χ3n) is 1.92. The summed E-state index contributed by atoms with van der Waals surface area (Å²) in [7, 11) is 1.61. The van der Waals surface area contributed by atoms with Gasteiger partial charge in [-0.25, -0.2) is 4.39 Å². The van der Waals surface area contributed by atoms with Crippen LogP contribution in [0.1, 0.15) is 0 Å². The minimum absolute atomic E-state index is 0.122. The Labute approximate surface area is 87.2 Å². The van der Waals surface area contributed by atoms with Gasteiger partial charge in [0.05, 0.1) is 0 Å². The van der Waals surface area contributed by atoms with Gasteiger partial charge in [0, 0.05) is 0 Å². The minimum Gasteiger partial charge on any atom is -0.491 e. The van der Waals surface area contributed by atoms with Crippen molar-refractivity contribution in [2.45, 2.75) is 6.04 Å². The molecule has 1 unspecified atom stereocenters. The molecule has 1 rings (SSSR count). The Morgan fingerprint density at radius 3 is 2.60 bits per heavy atom. The summed E-state index contributed by atoms with van der Waals surface area (Å²) in [6.45, 7) is 0.122. The van der Waals surface area contributed by atoms with E-state index in [-0.39, 0.29) is 12.4 Å². The first kappa shape index (κ1) is 11.5. The predicted octanol–water partition coefficient (Wildman–Crippen LogP) is 0.278. The highest BCUT2D eigenvalue weighted by Crippen LogP contribution is 2.10. The number of rotatable bonds is 5. The highest BCUT2D eigenvalue weighted by molar-refractivity contribution is 5.79. The summed E-state index contributed by atoms with van der Waals surface area (Å²) in [6.07, 6.45) is 0. The van der Waals surface area contributed by atoms with E-state index < -0.39 is 11.9 Å². The molecule has 1 atom stereocenters. The van der Waals surface area contributed by atoms with Crippen molar-refractivity contribution >= 4 is 5.91 Å². The lowest BCUT2D eigenvalue weighted by atomic mass is 10.3. The second kappa shape index (κ2) is 5.31. The van der Waals surface area contributed by atoms with E-state index in [4.69, 9.17) is 10.5 Å². The Morgan fingerprint density at radius 2 is 2.13 bits per heavy atom. The number of nitrogens with one attached hydrogen (secondary N) is 1. The third kappa shape index (κ3) is 3.55. The molecular formula is C10H13FN2O2. The van der Waals surface area contributed by atoms with Crippen LogP contribution in [0.3, 0.4) is 0 Å². The van der Waals surface area contributed by atoms with E-state index in [9.17, 15) is 9.18 Å². The van der Waals surface area contributed by atoms with E-state index in [2.05, 4.69) is 5.32 Å². The van der Waals surface area contributed by atoms with Crippen LogP contribution < -0.4 is 15.8 Å². The number of likely N-dealkylation sites (N-methyl/N-ethyl adjacent to an activating group) is 1. The molecule has 0 heterocycles. The molecule has 0 fully saturated rings. The summed E-state index contributed by atoms with van der Waals surface area (Å²) in [6, 6.07) is 5.00. The zero-order valence-corrected chi connectivity index (χ0v) is 8.37. The topological polar surface area (TPSA) is 64.3 Å². The van der Waals surface area contributed by atoms with E-state index in [0.29, 0.717) is 5.75 Å². The quantitative estimate of drug-likeness (QED) is 0.736. The number of hydrogen-bond acceptors (Lipinski definition) is 3. The number of carbonyl (C=O) groups excluding carboxylic acids is 1. The van der Waals surface area contributed by atoms with Gasteiger partial charge in [-0.05, 0) is 31.3 Å². The molecule has 82 valence electrons. The van der Waals surface area contributed by atoms with E-state index in [1.165, 1.54) is 24.3 Å². The molecule has 1 aromatic rings. The zero-order chi connectivity index (χ0) is 11.3. The molecule has 15 heavy (non-hydrogen) atoms. The van der Waals surface area contributed by atoms with Gasteiger partial charge in [0.1, 0.15) is 24.2 Å². The van der Waals surface area contributed by atoms with Gasteiger partial charge >= 0.3 is 0 Å². The van der Waals surface area contributed by atoms with E-state index in [0.717, 1.165) is 0 Å². The van der Waals surface area contributed by atoms with Crippen LogP contribution >= 0.6 is 0 Å². The van der Waals surface area contributed by atoms with E-state index in [1.54, 1.807) is 7.05 Å². The molecule has 0 aliphatic carbocycles. The van der Waals surface area contributed by atoms with Gasteiger partial charge < -0.3 is 15.8 Å². The Bertz CT molecular complexity index is 327. The number of primary amides is 1. The number of halogens is 1. The standard InChI is InChI=1S/C10H13FN2O2/c1-13-9(10(12)14)6-15-8-4-2-7(11)3-5-8/h2-5,9,13H,6H2,1H3,(H2,12,14). The largest absolute Gasteiger partial charge is 0.491 e. The molecule has 0 saturated heterocycles. The Kier molecular flexibility index (Phi) is 4.05. The third-order valence-corrected chi connectivity index (χ3v) is 1.92. The molecule has 4 nitrogen and oxygen atoms in total. The average Bonchev–Trinajstić information content (AvgIpc) is 2.21. The molecule has 0 aliphatic heterocycles. The molecule has 1 amide bonds. The predicted molar refractivity (Wildman–Crippen MR) is 53.9 cm³/mol. The SMILES string of the molecule is CNC(COc1ccc(F)cc1)C(N)=O. The molecule has 1 aromatic carbocycles.